The Morgan fingerprint density at radius 2 is 2.33 bits per heavy atom. The molecule has 1 saturated heterocycles. The zero-order valence-corrected chi connectivity index (χ0v) is 9.45. The van der Waals surface area contributed by atoms with E-state index in [0.717, 1.165) is 32.2 Å². The molecule has 1 amide bonds. The average Bonchev–Trinajstić information content (AvgIpc) is 2.26. The lowest BCUT2D eigenvalue weighted by Crippen LogP contribution is -2.46. The molecule has 0 spiro atoms. The van der Waals surface area contributed by atoms with Gasteiger partial charge in [-0.1, -0.05) is 13.3 Å². The Bertz CT molecular complexity index is 196. The number of morpholine rings is 1. The molecule has 1 fully saturated rings. The lowest BCUT2D eigenvalue weighted by Gasteiger charge is -2.32. The third-order valence-corrected chi connectivity index (χ3v) is 2.69. The molecule has 0 radical (unpaired) electrons. The molecule has 0 saturated carbocycles. The van der Waals surface area contributed by atoms with Crippen LogP contribution in [0.25, 0.3) is 0 Å². The first-order chi connectivity index (χ1) is 7.27. The molecule has 1 atom stereocenters. The zero-order valence-electron chi connectivity index (χ0n) is 9.45. The molecule has 1 aliphatic rings. The van der Waals surface area contributed by atoms with Crippen molar-refractivity contribution in [3.8, 4) is 0 Å². The van der Waals surface area contributed by atoms with E-state index in [1.54, 1.807) is 0 Å². The molecular weight excluding hydrogens is 194 g/mol. The van der Waals surface area contributed by atoms with E-state index in [0.29, 0.717) is 6.54 Å². The van der Waals surface area contributed by atoms with Crippen LogP contribution in [-0.4, -0.2) is 48.3 Å². The van der Waals surface area contributed by atoms with Gasteiger partial charge >= 0.3 is 0 Å². The smallest absolute Gasteiger partial charge is 0.248 e. The molecule has 1 rings (SSSR count). The van der Waals surface area contributed by atoms with Crippen molar-refractivity contribution in [3.05, 3.63) is 0 Å². The van der Waals surface area contributed by atoms with E-state index >= 15 is 0 Å². The van der Waals surface area contributed by atoms with Gasteiger partial charge in [-0.25, -0.2) is 0 Å². The van der Waals surface area contributed by atoms with Crippen molar-refractivity contribution >= 4 is 5.91 Å². The van der Waals surface area contributed by atoms with Crippen molar-refractivity contribution in [1.29, 1.82) is 0 Å². The Balaban J connectivity index is 2.31. The van der Waals surface area contributed by atoms with Gasteiger partial charge in [0.1, 0.15) is 6.61 Å². The Labute approximate surface area is 91.2 Å². The molecular formula is C11H21NO3. The molecule has 1 unspecified atom stereocenters. The minimum atomic E-state index is 0.101. The minimum Gasteiger partial charge on any atom is -0.396 e. The van der Waals surface area contributed by atoms with Crippen LogP contribution in [0.15, 0.2) is 0 Å². The maximum atomic E-state index is 11.5. The SMILES string of the molecule is CCCCN1CC(CCCO)OCC1=O. The van der Waals surface area contributed by atoms with Crippen LogP contribution in [0.5, 0.6) is 0 Å². The standard InChI is InChI=1S/C11H21NO3/c1-2-3-6-12-8-10(5-4-7-13)15-9-11(12)14/h10,13H,2-9H2,1H3. The van der Waals surface area contributed by atoms with Crippen molar-refractivity contribution in [3.63, 3.8) is 0 Å². The fraction of sp³-hybridized carbons (Fsp3) is 0.909. The summed E-state index contributed by atoms with van der Waals surface area (Å²) in [7, 11) is 0. The summed E-state index contributed by atoms with van der Waals surface area (Å²) in [6.07, 6.45) is 3.86. The molecule has 0 bridgehead atoms. The maximum Gasteiger partial charge on any atom is 0.248 e. The van der Waals surface area contributed by atoms with E-state index in [-0.39, 0.29) is 25.2 Å². The van der Waals surface area contributed by atoms with E-state index in [4.69, 9.17) is 9.84 Å². The maximum absolute atomic E-state index is 11.5. The fourth-order valence-corrected chi connectivity index (χ4v) is 1.74. The van der Waals surface area contributed by atoms with Crippen LogP contribution in [0, 0.1) is 0 Å². The van der Waals surface area contributed by atoms with Gasteiger partial charge in [0.15, 0.2) is 0 Å². The zero-order chi connectivity index (χ0) is 11.1. The highest BCUT2D eigenvalue weighted by Crippen LogP contribution is 2.12. The Morgan fingerprint density at radius 3 is 3.00 bits per heavy atom. The molecule has 15 heavy (non-hydrogen) atoms. The second-order valence-corrected chi connectivity index (χ2v) is 3.99. The Morgan fingerprint density at radius 1 is 1.53 bits per heavy atom. The van der Waals surface area contributed by atoms with E-state index in [2.05, 4.69) is 6.92 Å². The number of aliphatic hydroxyl groups is 1. The fourth-order valence-electron chi connectivity index (χ4n) is 1.74. The largest absolute Gasteiger partial charge is 0.396 e. The van der Waals surface area contributed by atoms with Gasteiger partial charge < -0.3 is 14.7 Å². The summed E-state index contributed by atoms with van der Waals surface area (Å²) in [5.74, 6) is 0.101. The predicted octanol–water partition coefficient (Wildman–Crippen LogP) is 0.786. The first-order valence-corrected chi connectivity index (χ1v) is 5.78. The summed E-state index contributed by atoms with van der Waals surface area (Å²) in [5.41, 5.74) is 0. The lowest BCUT2D eigenvalue weighted by atomic mass is 10.1. The topological polar surface area (TPSA) is 49.8 Å². The number of rotatable bonds is 6. The van der Waals surface area contributed by atoms with Crippen LogP contribution in [-0.2, 0) is 9.53 Å². The highest BCUT2D eigenvalue weighted by molar-refractivity contribution is 5.78. The van der Waals surface area contributed by atoms with E-state index in [1.165, 1.54) is 0 Å². The van der Waals surface area contributed by atoms with Crippen molar-refractivity contribution in [2.45, 2.75) is 38.7 Å². The number of hydrogen-bond donors (Lipinski definition) is 1. The lowest BCUT2D eigenvalue weighted by molar-refractivity contribution is -0.149. The second kappa shape index (κ2) is 6.80. The third-order valence-electron chi connectivity index (χ3n) is 2.69. The van der Waals surface area contributed by atoms with Gasteiger partial charge in [0.25, 0.3) is 0 Å². The molecule has 0 aromatic rings. The first kappa shape index (κ1) is 12.5. The molecule has 1 N–H and O–H groups in total. The van der Waals surface area contributed by atoms with Crippen LogP contribution in [0.1, 0.15) is 32.6 Å². The first-order valence-electron chi connectivity index (χ1n) is 5.78. The van der Waals surface area contributed by atoms with Crippen LogP contribution in [0.4, 0.5) is 0 Å². The van der Waals surface area contributed by atoms with Crippen molar-refractivity contribution < 1.29 is 14.6 Å². The number of nitrogens with zero attached hydrogens (tertiary/aromatic N) is 1. The molecule has 0 aromatic carbocycles. The molecule has 4 heteroatoms. The van der Waals surface area contributed by atoms with Gasteiger partial charge in [-0.15, -0.1) is 0 Å². The molecule has 1 heterocycles. The Hall–Kier alpha value is -0.610. The van der Waals surface area contributed by atoms with Crippen LogP contribution in [0.3, 0.4) is 0 Å². The van der Waals surface area contributed by atoms with E-state index in [9.17, 15) is 4.79 Å². The quantitative estimate of drug-likeness (QED) is 0.712. The highest BCUT2D eigenvalue weighted by Gasteiger charge is 2.25. The molecule has 0 aliphatic carbocycles. The van der Waals surface area contributed by atoms with Crippen LogP contribution >= 0.6 is 0 Å². The van der Waals surface area contributed by atoms with E-state index < -0.39 is 0 Å². The van der Waals surface area contributed by atoms with Crippen molar-refractivity contribution in [2.24, 2.45) is 0 Å². The highest BCUT2D eigenvalue weighted by atomic mass is 16.5. The summed E-state index contributed by atoms with van der Waals surface area (Å²) >= 11 is 0. The molecule has 1 aliphatic heterocycles. The van der Waals surface area contributed by atoms with Crippen LogP contribution < -0.4 is 0 Å². The number of aliphatic hydroxyl groups excluding tert-OH is 1. The number of carbonyl (C=O) groups excluding carboxylic acids is 1. The van der Waals surface area contributed by atoms with Gasteiger partial charge in [0.2, 0.25) is 5.91 Å². The van der Waals surface area contributed by atoms with Gasteiger partial charge in [0.05, 0.1) is 6.10 Å². The van der Waals surface area contributed by atoms with Gasteiger partial charge in [0, 0.05) is 19.7 Å². The van der Waals surface area contributed by atoms with Gasteiger partial charge in [-0.05, 0) is 19.3 Å². The molecule has 4 nitrogen and oxygen atoms in total. The molecule has 88 valence electrons. The van der Waals surface area contributed by atoms with Crippen molar-refractivity contribution in [2.75, 3.05) is 26.3 Å². The number of amides is 1. The minimum absolute atomic E-state index is 0.101. The number of unbranched alkanes of at least 4 members (excludes halogenated alkanes) is 1. The summed E-state index contributed by atoms with van der Waals surface area (Å²) in [5, 5.41) is 8.72. The number of hydrogen-bond acceptors (Lipinski definition) is 3. The summed E-state index contributed by atoms with van der Waals surface area (Å²) in [4.78, 5) is 13.4. The van der Waals surface area contributed by atoms with Crippen LogP contribution in [0.2, 0.25) is 0 Å². The molecule has 0 aromatic heterocycles. The third kappa shape index (κ3) is 4.18. The normalized spacial score (nSPS) is 22.1. The summed E-state index contributed by atoms with van der Waals surface area (Å²) in [6, 6.07) is 0. The number of carbonyl (C=O) groups is 1. The average molecular weight is 215 g/mol. The summed E-state index contributed by atoms with van der Waals surface area (Å²) in [6.45, 7) is 4.06. The predicted molar refractivity (Wildman–Crippen MR) is 57.5 cm³/mol. The van der Waals surface area contributed by atoms with Gasteiger partial charge in [-0.2, -0.15) is 0 Å². The second-order valence-electron chi connectivity index (χ2n) is 3.99. The van der Waals surface area contributed by atoms with Gasteiger partial charge in [-0.3, -0.25) is 4.79 Å². The monoisotopic (exact) mass is 215 g/mol. The number of ether oxygens (including phenoxy) is 1. The summed E-state index contributed by atoms with van der Waals surface area (Å²) < 4.78 is 5.40. The van der Waals surface area contributed by atoms with Crippen molar-refractivity contribution in [1.82, 2.24) is 4.90 Å². The van der Waals surface area contributed by atoms with E-state index in [1.807, 2.05) is 4.90 Å². The Kier molecular flexibility index (Phi) is 5.65.